The lowest BCUT2D eigenvalue weighted by atomic mass is 10.1. The molecule has 0 bridgehead atoms. The monoisotopic (exact) mass is 395 g/mol. The summed E-state index contributed by atoms with van der Waals surface area (Å²) in [7, 11) is 1.59. The number of carbonyl (C=O) groups excluding carboxylic acids is 2. The van der Waals surface area contributed by atoms with Gasteiger partial charge in [0.25, 0.3) is 11.8 Å². The Morgan fingerprint density at radius 1 is 1.07 bits per heavy atom. The largest absolute Gasteiger partial charge is 0.360 e. The molecule has 2 aromatic carbocycles. The molecule has 0 unspecified atom stereocenters. The Morgan fingerprint density at radius 3 is 2.50 bits per heavy atom. The molecule has 0 saturated carbocycles. The zero-order chi connectivity index (χ0) is 19.9. The van der Waals surface area contributed by atoms with Crippen molar-refractivity contribution in [2.75, 3.05) is 7.05 Å². The minimum Gasteiger partial charge on any atom is -0.360 e. The summed E-state index contributed by atoms with van der Waals surface area (Å²) in [6, 6.07) is 16.5. The molecule has 0 aliphatic rings. The van der Waals surface area contributed by atoms with Crippen molar-refractivity contribution in [2.24, 2.45) is 0 Å². The van der Waals surface area contributed by atoms with Crippen molar-refractivity contribution in [3.63, 3.8) is 0 Å². The topological polar surface area (TPSA) is 84.2 Å². The quantitative estimate of drug-likeness (QED) is 0.598. The third-order valence-electron chi connectivity index (χ3n) is 4.07. The highest BCUT2D eigenvalue weighted by Crippen LogP contribution is 2.26. The van der Waals surface area contributed by atoms with Crippen LogP contribution in [-0.4, -0.2) is 24.0 Å². The van der Waals surface area contributed by atoms with Gasteiger partial charge in [-0.25, -0.2) is 0 Å². The van der Waals surface area contributed by atoms with Gasteiger partial charge in [-0.2, -0.15) is 0 Å². The third kappa shape index (κ3) is 5.01. The normalized spacial score (nSPS) is 10.5. The number of aromatic nitrogens is 1. The van der Waals surface area contributed by atoms with Crippen LogP contribution in [0, 0.1) is 6.92 Å². The summed E-state index contributed by atoms with van der Waals surface area (Å²) < 4.78 is 5.23. The third-order valence-corrected chi connectivity index (χ3v) is 5.17. The van der Waals surface area contributed by atoms with E-state index < -0.39 is 0 Å². The Kier molecular flexibility index (Phi) is 6.49. The second-order valence-electron chi connectivity index (χ2n) is 6.18. The summed E-state index contributed by atoms with van der Waals surface area (Å²) in [6.07, 6.45) is 0. The van der Waals surface area contributed by atoms with Gasteiger partial charge in [0.2, 0.25) is 0 Å². The van der Waals surface area contributed by atoms with E-state index in [1.165, 1.54) is 11.8 Å². The van der Waals surface area contributed by atoms with Crippen LogP contribution < -0.4 is 10.6 Å². The fourth-order valence-electron chi connectivity index (χ4n) is 2.61. The summed E-state index contributed by atoms with van der Waals surface area (Å²) in [6.45, 7) is 2.26. The molecule has 0 atom stereocenters. The van der Waals surface area contributed by atoms with Crippen LogP contribution >= 0.6 is 11.8 Å². The Balaban J connectivity index is 1.61. The van der Waals surface area contributed by atoms with E-state index in [1.807, 2.05) is 43.3 Å². The smallest absolute Gasteiger partial charge is 0.252 e. The van der Waals surface area contributed by atoms with Gasteiger partial charge in [-0.3, -0.25) is 9.59 Å². The fraction of sp³-hybridized carbons (Fsp3) is 0.190. The highest BCUT2D eigenvalue weighted by Gasteiger charge is 2.12. The number of hydrogen-bond acceptors (Lipinski definition) is 5. The van der Waals surface area contributed by atoms with Gasteiger partial charge in [-0.05, 0) is 36.8 Å². The summed E-state index contributed by atoms with van der Waals surface area (Å²) in [5.41, 5.74) is 2.96. The van der Waals surface area contributed by atoms with Crippen molar-refractivity contribution in [3.8, 4) is 0 Å². The number of nitrogens with zero attached hydrogens (tertiary/aromatic N) is 1. The average molecular weight is 395 g/mol. The zero-order valence-electron chi connectivity index (χ0n) is 15.7. The van der Waals surface area contributed by atoms with E-state index in [9.17, 15) is 9.59 Å². The van der Waals surface area contributed by atoms with Crippen LogP contribution in [0.15, 0.2) is 64.0 Å². The summed E-state index contributed by atoms with van der Waals surface area (Å²) >= 11 is 1.53. The van der Waals surface area contributed by atoms with Crippen LogP contribution in [0.5, 0.6) is 0 Å². The van der Waals surface area contributed by atoms with Crippen molar-refractivity contribution in [2.45, 2.75) is 24.1 Å². The molecule has 2 amide bonds. The van der Waals surface area contributed by atoms with Gasteiger partial charge < -0.3 is 15.2 Å². The highest BCUT2D eigenvalue weighted by atomic mass is 32.2. The molecule has 7 heteroatoms. The first-order chi connectivity index (χ1) is 13.6. The molecule has 0 saturated heterocycles. The van der Waals surface area contributed by atoms with Crippen LogP contribution in [-0.2, 0) is 12.3 Å². The van der Waals surface area contributed by atoms with Crippen molar-refractivity contribution in [3.05, 3.63) is 82.7 Å². The zero-order valence-corrected chi connectivity index (χ0v) is 16.5. The number of rotatable bonds is 7. The van der Waals surface area contributed by atoms with E-state index in [4.69, 9.17) is 4.52 Å². The number of hydrogen-bond donors (Lipinski definition) is 2. The summed E-state index contributed by atoms with van der Waals surface area (Å²) in [4.78, 5) is 25.1. The molecule has 1 aromatic heterocycles. The van der Waals surface area contributed by atoms with E-state index >= 15 is 0 Å². The Hall–Kier alpha value is -3.06. The lowest BCUT2D eigenvalue weighted by Gasteiger charge is -2.10. The minimum absolute atomic E-state index is 0.136. The molecule has 28 heavy (non-hydrogen) atoms. The second kappa shape index (κ2) is 9.23. The van der Waals surface area contributed by atoms with E-state index in [0.29, 0.717) is 23.4 Å². The lowest BCUT2D eigenvalue weighted by Crippen LogP contribution is -2.23. The van der Waals surface area contributed by atoms with E-state index in [-0.39, 0.29) is 11.8 Å². The van der Waals surface area contributed by atoms with Crippen molar-refractivity contribution in [1.29, 1.82) is 0 Å². The van der Waals surface area contributed by atoms with Crippen LogP contribution in [0.25, 0.3) is 0 Å². The van der Waals surface area contributed by atoms with Gasteiger partial charge in [0.15, 0.2) is 0 Å². The second-order valence-corrected chi connectivity index (χ2v) is 7.20. The number of aryl methyl sites for hydroxylation is 1. The number of benzene rings is 2. The molecule has 144 valence electrons. The van der Waals surface area contributed by atoms with Gasteiger partial charge in [0.1, 0.15) is 5.76 Å². The van der Waals surface area contributed by atoms with Crippen LogP contribution in [0.2, 0.25) is 0 Å². The minimum atomic E-state index is -0.146. The van der Waals surface area contributed by atoms with Gasteiger partial charge >= 0.3 is 0 Å². The Morgan fingerprint density at radius 2 is 1.82 bits per heavy atom. The average Bonchev–Trinajstić information content (AvgIpc) is 3.15. The van der Waals surface area contributed by atoms with E-state index in [0.717, 1.165) is 21.9 Å². The maximum Gasteiger partial charge on any atom is 0.252 e. The molecule has 2 N–H and O–H groups in total. The molecule has 3 rings (SSSR count). The first kappa shape index (κ1) is 19.7. The first-order valence-corrected chi connectivity index (χ1v) is 9.78. The molecule has 1 heterocycles. The lowest BCUT2D eigenvalue weighted by molar-refractivity contribution is 0.0943. The van der Waals surface area contributed by atoms with Crippen molar-refractivity contribution < 1.29 is 14.1 Å². The van der Waals surface area contributed by atoms with Gasteiger partial charge in [-0.15, -0.1) is 11.8 Å². The van der Waals surface area contributed by atoms with Crippen molar-refractivity contribution in [1.82, 2.24) is 15.8 Å². The summed E-state index contributed by atoms with van der Waals surface area (Å²) in [5.74, 6) is 1.09. The molecular formula is C21H21N3O3S. The van der Waals surface area contributed by atoms with Gasteiger partial charge in [0.05, 0.1) is 17.0 Å². The van der Waals surface area contributed by atoms with Gasteiger partial charge in [0, 0.05) is 30.1 Å². The standard InChI is InChI=1S/C21H21N3O3S/c1-14-11-17(27-24-14)13-28-19-6-4-3-5-18(19)21(26)23-12-15-7-9-16(10-8-15)20(25)22-2/h3-11H,12-13H2,1-2H3,(H,22,25)(H,23,26). The molecule has 0 aliphatic carbocycles. The predicted octanol–water partition coefficient (Wildman–Crippen LogP) is 3.56. The highest BCUT2D eigenvalue weighted by molar-refractivity contribution is 7.98. The van der Waals surface area contributed by atoms with Crippen molar-refractivity contribution >= 4 is 23.6 Å². The van der Waals surface area contributed by atoms with E-state index in [2.05, 4.69) is 15.8 Å². The number of carbonyl (C=O) groups is 2. The van der Waals surface area contributed by atoms with Crippen LogP contribution in [0.1, 0.15) is 37.7 Å². The maximum atomic E-state index is 12.7. The van der Waals surface area contributed by atoms with Crippen LogP contribution in [0.3, 0.4) is 0 Å². The van der Waals surface area contributed by atoms with Crippen LogP contribution in [0.4, 0.5) is 0 Å². The molecule has 6 nitrogen and oxygen atoms in total. The molecule has 0 aliphatic heterocycles. The number of nitrogens with one attached hydrogen (secondary N) is 2. The molecule has 0 fully saturated rings. The fourth-order valence-corrected chi connectivity index (χ4v) is 3.53. The predicted molar refractivity (Wildman–Crippen MR) is 108 cm³/mol. The molecule has 0 radical (unpaired) electrons. The molecule has 0 spiro atoms. The van der Waals surface area contributed by atoms with E-state index in [1.54, 1.807) is 25.2 Å². The Labute approximate surface area is 167 Å². The molecule has 3 aromatic rings. The molecular weight excluding hydrogens is 374 g/mol. The number of amides is 2. The summed E-state index contributed by atoms with van der Waals surface area (Å²) in [5, 5.41) is 9.39. The SMILES string of the molecule is CNC(=O)c1ccc(CNC(=O)c2ccccc2SCc2cc(C)no2)cc1. The van der Waals surface area contributed by atoms with Gasteiger partial charge in [-0.1, -0.05) is 29.4 Å². The maximum absolute atomic E-state index is 12.7. The first-order valence-electron chi connectivity index (χ1n) is 8.80. The number of thioether (sulfide) groups is 1. The Bertz CT molecular complexity index is 967.